The molecular weight excluding hydrogens is 373 g/mol. The molecule has 1 aliphatic heterocycles. The summed E-state index contributed by atoms with van der Waals surface area (Å²) in [7, 11) is 1.97. The van der Waals surface area contributed by atoms with Crippen LogP contribution >= 0.6 is 22.6 Å². The van der Waals surface area contributed by atoms with Crippen LogP contribution in [0.4, 0.5) is 8.78 Å². The molecule has 1 fully saturated rings. The van der Waals surface area contributed by atoms with E-state index in [4.69, 9.17) is 0 Å². The zero-order valence-corrected chi connectivity index (χ0v) is 13.9. The van der Waals surface area contributed by atoms with Gasteiger partial charge >= 0.3 is 0 Å². The maximum Gasteiger partial charge on any atom is 0.143 e. The Morgan fingerprint density at radius 2 is 2.00 bits per heavy atom. The lowest BCUT2D eigenvalue weighted by molar-refractivity contribution is 0.169. The van der Waals surface area contributed by atoms with Crippen LogP contribution in [0.15, 0.2) is 12.1 Å². The Kier molecular flexibility index (Phi) is 6.17. The van der Waals surface area contributed by atoms with Crippen LogP contribution in [0.1, 0.15) is 24.8 Å². The third-order valence-corrected chi connectivity index (χ3v) is 4.86. The molecule has 1 aromatic carbocycles. The highest BCUT2D eigenvalue weighted by molar-refractivity contribution is 14.1. The normalized spacial score (nSPS) is 17.6. The van der Waals surface area contributed by atoms with Crippen LogP contribution in [-0.4, -0.2) is 31.6 Å². The van der Waals surface area contributed by atoms with Gasteiger partial charge < -0.3 is 5.32 Å². The number of benzene rings is 1. The summed E-state index contributed by atoms with van der Waals surface area (Å²) in [6.07, 6.45) is 3.43. The minimum absolute atomic E-state index is 0.213. The highest BCUT2D eigenvalue weighted by Gasteiger charge is 2.21. The molecule has 1 saturated heterocycles. The standard InChI is InChI=1S/C15H21F2IN2/c1-19-7-4-11-5-8-20(9-6-11)10-12-13(16)2-3-14(18)15(12)17/h2-3,11,19H,4-10H2,1H3. The lowest BCUT2D eigenvalue weighted by Gasteiger charge is -2.32. The molecule has 1 N–H and O–H groups in total. The van der Waals surface area contributed by atoms with Gasteiger partial charge in [0.15, 0.2) is 0 Å². The monoisotopic (exact) mass is 394 g/mol. The SMILES string of the molecule is CNCCC1CCN(Cc2c(F)ccc(I)c2F)CC1. The van der Waals surface area contributed by atoms with Crippen molar-refractivity contribution in [1.82, 2.24) is 10.2 Å². The van der Waals surface area contributed by atoms with Gasteiger partial charge in [0.2, 0.25) is 0 Å². The number of rotatable bonds is 5. The Morgan fingerprint density at radius 1 is 1.30 bits per heavy atom. The van der Waals surface area contributed by atoms with Gasteiger partial charge in [0.05, 0.1) is 0 Å². The molecule has 0 aliphatic carbocycles. The van der Waals surface area contributed by atoms with Gasteiger partial charge in [-0.05, 0) is 86.6 Å². The number of piperidine rings is 1. The molecule has 0 radical (unpaired) electrons. The molecule has 0 amide bonds. The molecule has 2 rings (SSSR count). The Balaban J connectivity index is 1.91. The van der Waals surface area contributed by atoms with Crippen LogP contribution in [0, 0.1) is 21.1 Å². The average molecular weight is 394 g/mol. The van der Waals surface area contributed by atoms with Crippen LogP contribution < -0.4 is 5.32 Å². The van der Waals surface area contributed by atoms with Crippen molar-refractivity contribution >= 4 is 22.6 Å². The molecule has 0 atom stereocenters. The molecule has 20 heavy (non-hydrogen) atoms. The Morgan fingerprint density at radius 3 is 2.65 bits per heavy atom. The zero-order chi connectivity index (χ0) is 14.5. The minimum atomic E-state index is -0.430. The van der Waals surface area contributed by atoms with Crippen molar-refractivity contribution in [2.24, 2.45) is 5.92 Å². The van der Waals surface area contributed by atoms with Gasteiger partial charge in [-0.25, -0.2) is 8.78 Å². The first-order valence-corrected chi connectivity index (χ1v) is 8.19. The summed E-state index contributed by atoms with van der Waals surface area (Å²) in [5.41, 5.74) is 0.213. The fourth-order valence-corrected chi connectivity index (χ4v) is 3.22. The van der Waals surface area contributed by atoms with Crippen LogP contribution in [0.3, 0.4) is 0 Å². The second-order valence-electron chi connectivity index (χ2n) is 5.43. The second kappa shape index (κ2) is 7.66. The number of nitrogens with one attached hydrogen (secondary N) is 1. The summed E-state index contributed by atoms with van der Waals surface area (Å²) in [4.78, 5) is 2.16. The molecular formula is C15H21F2IN2. The van der Waals surface area contributed by atoms with Gasteiger partial charge in [-0.15, -0.1) is 0 Å². The maximum absolute atomic E-state index is 14.0. The van der Waals surface area contributed by atoms with E-state index in [0.29, 0.717) is 10.1 Å². The highest BCUT2D eigenvalue weighted by Crippen LogP contribution is 2.24. The molecule has 0 aromatic heterocycles. The highest BCUT2D eigenvalue weighted by atomic mass is 127. The number of likely N-dealkylation sites (tertiary alicyclic amines) is 1. The van der Waals surface area contributed by atoms with E-state index in [1.165, 1.54) is 18.6 Å². The zero-order valence-electron chi connectivity index (χ0n) is 11.8. The molecule has 2 nitrogen and oxygen atoms in total. The van der Waals surface area contributed by atoms with Crippen LogP contribution in [0.5, 0.6) is 0 Å². The van der Waals surface area contributed by atoms with Crippen molar-refractivity contribution < 1.29 is 8.78 Å². The van der Waals surface area contributed by atoms with Gasteiger partial charge in [0.25, 0.3) is 0 Å². The van der Waals surface area contributed by atoms with E-state index in [1.807, 2.05) is 29.6 Å². The van der Waals surface area contributed by atoms with Crippen molar-refractivity contribution in [3.8, 4) is 0 Å². The fourth-order valence-electron chi connectivity index (χ4n) is 2.72. The van der Waals surface area contributed by atoms with E-state index in [0.717, 1.165) is 38.4 Å². The Hall–Kier alpha value is -0.270. The first kappa shape index (κ1) is 16.1. The molecule has 112 valence electrons. The van der Waals surface area contributed by atoms with Gasteiger partial charge in [-0.2, -0.15) is 0 Å². The van der Waals surface area contributed by atoms with Crippen molar-refractivity contribution in [2.45, 2.75) is 25.8 Å². The van der Waals surface area contributed by atoms with E-state index in [9.17, 15) is 8.78 Å². The quantitative estimate of drug-likeness (QED) is 0.609. The van der Waals surface area contributed by atoms with Crippen LogP contribution in [0.2, 0.25) is 0 Å². The van der Waals surface area contributed by atoms with Gasteiger partial charge in [0.1, 0.15) is 11.6 Å². The molecule has 1 heterocycles. The first-order chi connectivity index (χ1) is 9.61. The summed E-state index contributed by atoms with van der Waals surface area (Å²) >= 11 is 1.91. The topological polar surface area (TPSA) is 15.3 Å². The molecule has 0 bridgehead atoms. The van der Waals surface area contributed by atoms with Crippen molar-refractivity contribution in [2.75, 3.05) is 26.7 Å². The number of halogens is 3. The number of hydrogen-bond acceptors (Lipinski definition) is 2. The molecule has 1 aromatic rings. The number of nitrogens with zero attached hydrogens (tertiary/aromatic N) is 1. The largest absolute Gasteiger partial charge is 0.320 e. The summed E-state index contributed by atoms with van der Waals surface area (Å²) in [5, 5.41) is 3.17. The average Bonchev–Trinajstić information content (AvgIpc) is 2.47. The third-order valence-electron chi connectivity index (χ3n) is 4.03. The Labute approximate surface area is 133 Å². The number of hydrogen-bond donors (Lipinski definition) is 1. The predicted molar refractivity (Wildman–Crippen MR) is 85.6 cm³/mol. The molecule has 0 unspecified atom stereocenters. The predicted octanol–water partition coefficient (Wildman–Crippen LogP) is 3.39. The first-order valence-electron chi connectivity index (χ1n) is 7.11. The lowest BCUT2D eigenvalue weighted by atomic mass is 9.93. The van der Waals surface area contributed by atoms with E-state index >= 15 is 0 Å². The third kappa shape index (κ3) is 4.11. The second-order valence-corrected chi connectivity index (χ2v) is 6.60. The van der Waals surface area contributed by atoms with Crippen molar-refractivity contribution in [3.63, 3.8) is 0 Å². The summed E-state index contributed by atoms with van der Waals surface area (Å²) < 4.78 is 28.2. The van der Waals surface area contributed by atoms with Gasteiger partial charge in [-0.3, -0.25) is 4.90 Å². The van der Waals surface area contributed by atoms with E-state index in [1.54, 1.807) is 0 Å². The fraction of sp³-hybridized carbons (Fsp3) is 0.600. The molecule has 0 spiro atoms. The van der Waals surface area contributed by atoms with Crippen LogP contribution in [-0.2, 0) is 6.54 Å². The van der Waals surface area contributed by atoms with E-state index in [2.05, 4.69) is 10.2 Å². The van der Waals surface area contributed by atoms with Gasteiger partial charge in [-0.1, -0.05) is 0 Å². The van der Waals surface area contributed by atoms with E-state index in [-0.39, 0.29) is 5.56 Å². The summed E-state index contributed by atoms with van der Waals surface area (Å²) in [6.45, 7) is 3.29. The molecule has 1 aliphatic rings. The summed E-state index contributed by atoms with van der Waals surface area (Å²) in [5.74, 6) is -0.0903. The maximum atomic E-state index is 14.0. The smallest absolute Gasteiger partial charge is 0.143 e. The summed E-state index contributed by atoms with van der Waals surface area (Å²) in [6, 6.07) is 2.85. The van der Waals surface area contributed by atoms with Crippen molar-refractivity contribution in [1.29, 1.82) is 0 Å². The lowest BCUT2D eigenvalue weighted by Crippen LogP contribution is -2.34. The Bertz CT molecular complexity index is 446. The minimum Gasteiger partial charge on any atom is -0.320 e. The van der Waals surface area contributed by atoms with Crippen LogP contribution in [0.25, 0.3) is 0 Å². The van der Waals surface area contributed by atoms with Crippen molar-refractivity contribution in [3.05, 3.63) is 32.9 Å². The molecule has 0 saturated carbocycles. The molecule has 5 heteroatoms. The van der Waals surface area contributed by atoms with E-state index < -0.39 is 11.6 Å². The van der Waals surface area contributed by atoms with Gasteiger partial charge in [0, 0.05) is 15.7 Å².